The Morgan fingerprint density at radius 2 is 1.72 bits per heavy atom. The van der Waals surface area contributed by atoms with Crippen LogP contribution in [0.4, 0.5) is 8.78 Å². The van der Waals surface area contributed by atoms with Crippen LogP contribution in [0.3, 0.4) is 0 Å². The van der Waals surface area contributed by atoms with Crippen LogP contribution in [0.1, 0.15) is 30.5 Å². The molecule has 1 amide bonds. The van der Waals surface area contributed by atoms with E-state index in [9.17, 15) is 13.6 Å². The zero-order valence-electron chi connectivity index (χ0n) is 16.6. The maximum Gasteiger partial charge on any atom is 0.387 e. The lowest BCUT2D eigenvalue weighted by molar-refractivity contribution is -0.122. The van der Waals surface area contributed by atoms with E-state index in [4.69, 9.17) is 5.26 Å². The van der Waals surface area contributed by atoms with Crippen LogP contribution in [0.5, 0.6) is 5.75 Å². The van der Waals surface area contributed by atoms with Crippen LogP contribution in [-0.2, 0) is 17.8 Å². The number of hydrogen-bond donors (Lipinski definition) is 1. The summed E-state index contributed by atoms with van der Waals surface area (Å²) in [7, 11) is 0. The van der Waals surface area contributed by atoms with E-state index in [-0.39, 0.29) is 24.2 Å². The maximum atomic E-state index is 12.3. The first kappa shape index (κ1) is 22.3. The molecule has 7 heteroatoms. The molecule has 2 rings (SSSR count). The summed E-state index contributed by atoms with van der Waals surface area (Å²) < 4.78 is 28.6. The van der Waals surface area contributed by atoms with Gasteiger partial charge in [-0.2, -0.15) is 14.0 Å². The largest absolute Gasteiger partial charge is 0.435 e. The predicted octanol–water partition coefficient (Wildman–Crippen LogP) is 3.73. The normalized spacial score (nSPS) is 11.0. The topological polar surface area (TPSA) is 65.4 Å². The molecule has 2 aromatic carbocycles. The minimum Gasteiger partial charge on any atom is -0.435 e. The van der Waals surface area contributed by atoms with Crippen molar-refractivity contribution in [3.8, 4) is 11.8 Å². The molecule has 0 atom stereocenters. The number of amides is 1. The van der Waals surface area contributed by atoms with Crippen LogP contribution in [0, 0.1) is 11.3 Å². The maximum absolute atomic E-state index is 12.3. The van der Waals surface area contributed by atoms with Crippen LogP contribution in [0.2, 0.25) is 0 Å². The van der Waals surface area contributed by atoms with Crippen LogP contribution >= 0.6 is 0 Å². The molecular weight excluding hydrogens is 376 g/mol. The molecule has 154 valence electrons. The lowest BCUT2D eigenvalue weighted by atomic mass is 10.1. The van der Waals surface area contributed by atoms with Gasteiger partial charge in [0, 0.05) is 19.1 Å². The van der Waals surface area contributed by atoms with Crippen molar-refractivity contribution in [1.82, 2.24) is 10.2 Å². The highest BCUT2D eigenvalue weighted by molar-refractivity contribution is 5.78. The van der Waals surface area contributed by atoms with Crippen molar-refractivity contribution >= 4 is 5.91 Å². The first-order chi connectivity index (χ1) is 13.9. The van der Waals surface area contributed by atoms with Crippen molar-refractivity contribution < 1.29 is 18.3 Å². The Balaban J connectivity index is 1.80. The lowest BCUT2D eigenvalue weighted by Gasteiger charge is -2.26. The van der Waals surface area contributed by atoms with Crippen LogP contribution in [0.15, 0.2) is 48.5 Å². The number of carbonyl (C=O) groups is 1. The monoisotopic (exact) mass is 401 g/mol. The molecule has 29 heavy (non-hydrogen) atoms. The van der Waals surface area contributed by atoms with Crippen molar-refractivity contribution in [2.75, 3.05) is 13.1 Å². The van der Waals surface area contributed by atoms with Gasteiger partial charge in [-0.1, -0.05) is 24.3 Å². The summed E-state index contributed by atoms with van der Waals surface area (Å²) in [5.74, 6) is 0.0353. The second-order valence-corrected chi connectivity index (χ2v) is 6.93. The van der Waals surface area contributed by atoms with Crippen LogP contribution < -0.4 is 10.1 Å². The third-order valence-corrected chi connectivity index (χ3v) is 4.43. The Morgan fingerprint density at radius 3 is 2.28 bits per heavy atom. The average Bonchev–Trinajstić information content (AvgIpc) is 2.69. The van der Waals surface area contributed by atoms with E-state index in [1.54, 1.807) is 24.3 Å². The second-order valence-electron chi connectivity index (χ2n) is 6.93. The molecule has 0 heterocycles. The molecule has 0 spiro atoms. The summed E-state index contributed by atoms with van der Waals surface area (Å²) >= 11 is 0. The number of rotatable bonds is 10. The van der Waals surface area contributed by atoms with Crippen LogP contribution in [0.25, 0.3) is 0 Å². The highest BCUT2D eigenvalue weighted by Crippen LogP contribution is 2.15. The molecule has 0 radical (unpaired) electrons. The highest BCUT2D eigenvalue weighted by Gasteiger charge is 2.14. The first-order valence-corrected chi connectivity index (χ1v) is 9.41. The molecule has 0 saturated carbocycles. The molecule has 0 bridgehead atoms. The number of nitrogens with zero attached hydrogens (tertiary/aromatic N) is 2. The number of ether oxygens (including phenoxy) is 1. The summed E-state index contributed by atoms with van der Waals surface area (Å²) in [6.07, 6.45) is 0.595. The lowest BCUT2D eigenvalue weighted by Crippen LogP contribution is -2.40. The third-order valence-electron chi connectivity index (χ3n) is 4.43. The molecule has 0 aliphatic rings. The van der Waals surface area contributed by atoms with E-state index in [0.29, 0.717) is 25.1 Å². The van der Waals surface area contributed by atoms with Gasteiger partial charge in [0.2, 0.25) is 5.91 Å². The minimum atomic E-state index is -2.84. The van der Waals surface area contributed by atoms with Gasteiger partial charge in [0.25, 0.3) is 0 Å². The molecular formula is C22H25F2N3O2. The van der Waals surface area contributed by atoms with Gasteiger partial charge in [-0.15, -0.1) is 0 Å². The molecule has 0 aromatic heterocycles. The zero-order valence-corrected chi connectivity index (χ0v) is 16.6. The fourth-order valence-electron chi connectivity index (χ4n) is 2.76. The van der Waals surface area contributed by atoms with Gasteiger partial charge in [-0.05, 0) is 55.7 Å². The van der Waals surface area contributed by atoms with Gasteiger partial charge in [0.05, 0.1) is 18.2 Å². The Hall–Kier alpha value is -2.98. The molecule has 0 unspecified atom stereocenters. The standard InChI is InChI=1S/C22H25F2N3O2/c1-16(2)27(14-19-5-3-18(13-25)4-6-19)15-21(28)26-12-11-17-7-9-20(10-8-17)29-22(23)24/h3-10,16,22H,11-12,14-15H2,1-2H3,(H,26,28). The quantitative estimate of drug-likeness (QED) is 0.659. The fourth-order valence-corrected chi connectivity index (χ4v) is 2.76. The second kappa shape index (κ2) is 11.1. The van der Waals surface area contributed by atoms with E-state index < -0.39 is 6.61 Å². The third kappa shape index (κ3) is 7.88. The first-order valence-electron chi connectivity index (χ1n) is 9.41. The van der Waals surface area contributed by atoms with E-state index in [1.165, 1.54) is 12.1 Å². The van der Waals surface area contributed by atoms with Crippen molar-refractivity contribution in [3.63, 3.8) is 0 Å². The number of benzene rings is 2. The van der Waals surface area contributed by atoms with Crippen molar-refractivity contribution in [3.05, 3.63) is 65.2 Å². The van der Waals surface area contributed by atoms with Crippen molar-refractivity contribution in [1.29, 1.82) is 5.26 Å². The summed E-state index contributed by atoms with van der Waals surface area (Å²) in [6.45, 7) is 2.55. The van der Waals surface area contributed by atoms with E-state index in [0.717, 1.165) is 11.1 Å². The molecule has 0 fully saturated rings. The molecule has 0 aliphatic heterocycles. The summed E-state index contributed by atoms with van der Waals surface area (Å²) in [6, 6.07) is 16.0. The van der Waals surface area contributed by atoms with E-state index >= 15 is 0 Å². The Bertz CT molecular complexity index is 815. The van der Waals surface area contributed by atoms with Gasteiger partial charge < -0.3 is 10.1 Å². The number of carbonyl (C=O) groups excluding carboxylic acids is 1. The number of hydrogen-bond acceptors (Lipinski definition) is 4. The number of nitrogens with one attached hydrogen (secondary N) is 1. The van der Waals surface area contributed by atoms with Gasteiger partial charge in [-0.3, -0.25) is 9.69 Å². The summed E-state index contributed by atoms with van der Waals surface area (Å²) in [5.41, 5.74) is 2.57. The highest BCUT2D eigenvalue weighted by atomic mass is 19.3. The van der Waals surface area contributed by atoms with Crippen molar-refractivity contribution in [2.24, 2.45) is 0 Å². The SMILES string of the molecule is CC(C)N(CC(=O)NCCc1ccc(OC(F)F)cc1)Cc1ccc(C#N)cc1. The van der Waals surface area contributed by atoms with Gasteiger partial charge >= 0.3 is 6.61 Å². The predicted molar refractivity (Wildman–Crippen MR) is 106 cm³/mol. The molecule has 2 aromatic rings. The molecule has 5 nitrogen and oxygen atoms in total. The summed E-state index contributed by atoms with van der Waals surface area (Å²) in [5, 5.41) is 11.8. The minimum absolute atomic E-state index is 0.0787. The van der Waals surface area contributed by atoms with Gasteiger partial charge in [-0.25, -0.2) is 0 Å². The molecule has 0 saturated heterocycles. The van der Waals surface area contributed by atoms with Crippen molar-refractivity contribution in [2.45, 2.75) is 39.5 Å². The van der Waals surface area contributed by atoms with Gasteiger partial charge in [0.1, 0.15) is 5.75 Å². The Kier molecular flexibility index (Phi) is 8.56. The number of halogens is 2. The average molecular weight is 401 g/mol. The smallest absolute Gasteiger partial charge is 0.387 e. The number of nitriles is 1. The molecule has 1 N–H and O–H groups in total. The van der Waals surface area contributed by atoms with Gasteiger partial charge in [0.15, 0.2) is 0 Å². The molecule has 0 aliphatic carbocycles. The Morgan fingerprint density at radius 1 is 1.10 bits per heavy atom. The summed E-state index contributed by atoms with van der Waals surface area (Å²) in [4.78, 5) is 14.4. The van der Waals surface area contributed by atoms with E-state index in [2.05, 4.69) is 16.1 Å². The number of alkyl halides is 2. The Labute approximate surface area is 169 Å². The van der Waals surface area contributed by atoms with Crippen LogP contribution in [-0.4, -0.2) is 36.5 Å². The van der Waals surface area contributed by atoms with E-state index in [1.807, 2.05) is 30.9 Å². The zero-order chi connectivity index (χ0) is 21.2. The fraction of sp³-hybridized carbons (Fsp3) is 0.364.